The number of aliphatic hydroxyl groups is 1. The molecule has 5 atom stereocenters. The van der Waals surface area contributed by atoms with Crippen LogP contribution in [0, 0.1) is 5.92 Å². The molecule has 0 saturated heterocycles. The summed E-state index contributed by atoms with van der Waals surface area (Å²) >= 11 is 0. The van der Waals surface area contributed by atoms with Crippen molar-refractivity contribution in [3.8, 4) is 5.75 Å². The van der Waals surface area contributed by atoms with E-state index in [9.17, 15) is 24.6 Å². The average molecular weight is 621 g/mol. The van der Waals surface area contributed by atoms with Crippen molar-refractivity contribution in [2.24, 2.45) is 5.92 Å². The fourth-order valence-electron chi connectivity index (χ4n) is 5.34. The maximum Gasteiger partial charge on any atom is 0.328 e. The van der Waals surface area contributed by atoms with E-state index in [2.05, 4.69) is 10.6 Å². The predicted octanol–water partition coefficient (Wildman–Crippen LogP) is 5.60. The van der Waals surface area contributed by atoms with E-state index < -0.39 is 36.2 Å². The number of hydrogen-bond donors (Lipinski definition) is 4. The van der Waals surface area contributed by atoms with Gasteiger partial charge >= 0.3 is 5.97 Å². The molecule has 0 fully saturated rings. The van der Waals surface area contributed by atoms with Gasteiger partial charge in [0.25, 0.3) is 0 Å². The number of carbonyl (C=O) groups is 3. The van der Waals surface area contributed by atoms with Gasteiger partial charge in [-0.15, -0.1) is 0 Å². The van der Waals surface area contributed by atoms with Gasteiger partial charge < -0.3 is 30.3 Å². The molecule has 9 nitrogen and oxygen atoms in total. The van der Waals surface area contributed by atoms with Crippen LogP contribution in [0.3, 0.4) is 0 Å². The molecule has 0 aromatic heterocycles. The van der Waals surface area contributed by atoms with Crippen molar-refractivity contribution >= 4 is 23.5 Å². The van der Waals surface area contributed by atoms with Gasteiger partial charge in [0.15, 0.2) is 0 Å². The zero-order valence-electron chi connectivity index (χ0n) is 26.8. The Balaban J connectivity index is 1.80. The van der Waals surface area contributed by atoms with Gasteiger partial charge in [-0.25, -0.2) is 4.79 Å². The Morgan fingerprint density at radius 2 is 1.82 bits per heavy atom. The number of aromatic hydroxyl groups is 1. The standard InChI is InChI=1S/C36H48N2O7/c1-24-14-13-15-27-20-29(22-30(39)21-27)38-33(40)23-31(44-4)18-11-6-5-7-12-19-32(25(2)34(24)41)45-36(43)26(3)37-35(42)28-16-9-8-10-17-28/h5-7,11-12,14,16,18,20-22,25-26,31-32,34,39,41H,8-10,13,15,17,19,23H2,1-4H3,(H,37,42)(H,38,40)/b6-5+,12-7+,18-11?,24-14-/t25-,26+,31-,32-,34-/m0/s1. The third-order valence-corrected chi connectivity index (χ3v) is 8.12. The molecule has 2 aliphatic rings. The first kappa shape index (κ1) is 35.5. The maximum atomic E-state index is 13.1. The van der Waals surface area contributed by atoms with Crippen LogP contribution in [0.2, 0.25) is 0 Å². The summed E-state index contributed by atoms with van der Waals surface area (Å²) < 4.78 is 11.3. The molecule has 0 radical (unpaired) electrons. The van der Waals surface area contributed by atoms with Crippen molar-refractivity contribution < 1.29 is 34.1 Å². The van der Waals surface area contributed by atoms with Crippen LogP contribution in [0.25, 0.3) is 0 Å². The van der Waals surface area contributed by atoms with Crippen LogP contribution in [-0.2, 0) is 30.3 Å². The van der Waals surface area contributed by atoms with E-state index in [1.807, 2.05) is 50.3 Å². The van der Waals surface area contributed by atoms with Gasteiger partial charge in [0, 0.05) is 36.8 Å². The van der Waals surface area contributed by atoms with Crippen molar-refractivity contribution in [3.05, 3.63) is 83.5 Å². The predicted molar refractivity (Wildman–Crippen MR) is 175 cm³/mol. The molecular formula is C36H48N2O7. The summed E-state index contributed by atoms with van der Waals surface area (Å²) in [6, 6.07) is 4.11. The molecule has 3 rings (SSSR count). The third kappa shape index (κ3) is 11.8. The fourth-order valence-corrected chi connectivity index (χ4v) is 5.34. The van der Waals surface area contributed by atoms with E-state index >= 15 is 0 Å². The van der Waals surface area contributed by atoms with Crippen LogP contribution in [0.4, 0.5) is 5.69 Å². The van der Waals surface area contributed by atoms with E-state index in [0.717, 1.165) is 30.4 Å². The Morgan fingerprint density at radius 1 is 1.04 bits per heavy atom. The van der Waals surface area contributed by atoms with Crippen molar-refractivity contribution in [2.45, 2.75) is 96.5 Å². The number of amides is 2. The minimum absolute atomic E-state index is 0.0434. The van der Waals surface area contributed by atoms with Gasteiger partial charge in [0.2, 0.25) is 11.8 Å². The van der Waals surface area contributed by atoms with E-state index in [1.54, 1.807) is 31.2 Å². The fraction of sp³-hybridized carbons (Fsp3) is 0.472. The molecule has 2 amide bonds. The van der Waals surface area contributed by atoms with E-state index in [0.29, 0.717) is 36.9 Å². The summed E-state index contributed by atoms with van der Waals surface area (Å²) in [5, 5.41) is 27.1. The molecule has 244 valence electrons. The number of allylic oxidation sites excluding steroid dienone is 6. The number of nitrogens with one attached hydrogen (secondary N) is 2. The molecule has 9 heteroatoms. The minimum Gasteiger partial charge on any atom is -0.508 e. The molecule has 0 spiro atoms. The SMILES string of the molecule is CO[C@H]1C=C/C=C/C=C/C[C@H](OC(=O)[C@@H](C)NC(=O)C2=CCCCC2)[C@H](C)[C@@H](O)/C(C)=C\CCc2cc(O)cc(c2)NC(=O)C1. The highest BCUT2D eigenvalue weighted by Crippen LogP contribution is 2.25. The first-order valence-electron chi connectivity index (χ1n) is 15.8. The van der Waals surface area contributed by atoms with Gasteiger partial charge in [-0.1, -0.05) is 55.5 Å². The van der Waals surface area contributed by atoms with Crippen LogP contribution in [-0.4, -0.2) is 59.5 Å². The molecule has 1 aliphatic carbocycles. The number of esters is 1. The van der Waals surface area contributed by atoms with Gasteiger partial charge in [0.05, 0.1) is 18.6 Å². The molecule has 4 N–H and O–H groups in total. The van der Waals surface area contributed by atoms with Crippen LogP contribution in [0.15, 0.2) is 78.0 Å². The van der Waals surface area contributed by atoms with E-state index in [4.69, 9.17) is 9.47 Å². The van der Waals surface area contributed by atoms with Crippen molar-refractivity contribution in [1.82, 2.24) is 5.32 Å². The van der Waals surface area contributed by atoms with Crippen LogP contribution in [0.5, 0.6) is 5.75 Å². The minimum atomic E-state index is -0.883. The van der Waals surface area contributed by atoms with Crippen LogP contribution < -0.4 is 10.6 Å². The molecular weight excluding hydrogens is 572 g/mol. The van der Waals surface area contributed by atoms with Gasteiger partial charge in [-0.2, -0.15) is 0 Å². The number of hydrogen-bond acceptors (Lipinski definition) is 7. The quantitative estimate of drug-likeness (QED) is 0.249. The number of aryl methyl sites for hydroxylation is 1. The maximum absolute atomic E-state index is 13.1. The first-order chi connectivity index (χ1) is 21.6. The van der Waals surface area contributed by atoms with Crippen LogP contribution in [0.1, 0.15) is 71.3 Å². The Hall–Kier alpha value is -3.95. The molecule has 1 aromatic rings. The number of rotatable bonds is 5. The lowest BCUT2D eigenvalue weighted by molar-refractivity contribution is -0.156. The Labute approximate surface area is 266 Å². The summed E-state index contributed by atoms with van der Waals surface area (Å²) in [6.45, 7) is 5.28. The zero-order chi connectivity index (χ0) is 32.8. The number of fused-ring (bicyclic) bond motifs is 2. The summed E-state index contributed by atoms with van der Waals surface area (Å²) in [5.41, 5.74) is 2.75. The lowest BCUT2D eigenvalue weighted by atomic mass is 9.90. The smallest absolute Gasteiger partial charge is 0.328 e. The van der Waals surface area contributed by atoms with Crippen LogP contribution >= 0.6 is 0 Å². The number of methoxy groups -OCH3 is 1. The molecule has 1 aliphatic heterocycles. The molecule has 2 bridgehead atoms. The number of aliphatic hydroxyl groups excluding tert-OH is 1. The number of benzene rings is 1. The number of phenols is 1. The number of phenolic OH excluding ortho intramolecular Hbond substituents is 1. The molecule has 0 saturated carbocycles. The van der Waals surface area contributed by atoms with Crippen molar-refractivity contribution in [2.75, 3.05) is 12.4 Å². The molecule has 0 unspecified atom stereocenters. The van der Waals surface area contributed by atoms with Gasteiger partial charge in [-0.05, 0) is 75.6 Å². The lowest BCUT2D eigenvalue weighted by Gasteiger charge is -2.29. The normalized spacial score (nSPS) is 26.9. The highest BCUT2D eigenvalue weighted by molar-refractivity contribution is 5.96. The molecule has 1 aromatic carbocycles. The topological polar surface area (TPSA) is 134 Å². The Bertz CT molecular complexity index is 1330. The largest absolute Gasteiger partial charge is 0.508 e. The monoisotopic (exact) mass is 620 g/mol. The highest BCUT2D eigenvalue weighted by Gasteiger charge is 2.30. The lowest BCUT2D eigenvalue weighted by Crippen LogP contribution is -2.43. The Morgan fingerprint density at radius 3 is 2.56 bits per heavy atom. The van der Waals surface area contributed by atoms with E-state index in [1.165, 1.54) is 13.2 Å². The number of anilines is 1. The summed E-state index contributed by atoms with van der Waals surface area (Å²) in [4.78, 5) is 38.4. The number of ether oxygens (including phenoxy) is 2. The van der Waals surface area contributed by atoms with Crippen molar-refractivity contribution in [1.29, 1.82) is 0 Å². The number of carbonyl (C=O) groups excluding carboxylic acids is 3. The van der Waals surface area contributed by atoms with Gasteiger partial charge in [-0.3, -0.25) is 9.59 Å². The van der Waals surface area contributed by atoms with Gasteiger partial charge in [0.1, 0.15) is 17.9 Å². The molecule has 45 heavy (non-hydrogen) atoms. The second kappa shape index (κ2) is 18.1. The second-order valence-electron chi connectivity index (χ2n) is 11.8. The highest BCUT2D eigenvalue weighted by atomic mass is 16.5. The molecule has 1 heterocycles. The Kier molecular flexibility index (Phi) is 14.3. The van der Waals surface area contributed by atoms with Crippen molar-refractivity contribution in [3.63, 3.8) is 0 Å². The summed E-state index contributed by atoms with van der Waals surface area (Å²) in [7, 11) is 1.53. The van der Waals surface area contributed by atoms with E-state index in [-0.39, 0.29) is 24.0 Å². The first-order valence-corrected chi connectivity index (χ1v) is 15.8. The average Bonchev–Trinajstić information content (AvgIpc) is 3.01. The zero-order valence-corrected chi connectivity index (χ0v) is 26.8. The summed E-state index contributed by atoms with van der Waals surface area (Å²) in [5.74, 6) is -1.45. The second-order valence-corrected chi connectivity index (χ2v) is 11.8. The summed E-state index contributed by atoms with van der Waals surface area (Å²) in [6.07, 6.45) is 17.9. The third-order valence-electron chi connectivity index (χ3n) is 8.12.